The zero-order chi connectivity index (χ0) is 23.2. The van der Waals surface area contributed by atoms with Gasteiger partial charge in [0.05, 0.1) is 22.5 Å². The van der Waals surface area contributed by atoms with Crippen molar-refractivity contribution >= 4 is 33.3 Å². The molecule has 3 aromatic heterocycles. The van der Waals surface area contributed by atoms with E-state index in [-0.39, 0.29) is 5.56 Å². The van der Waals surface area contributed by atoms with Crippen LogP contribution in [-0.2, 0) is 18.6 Å². The molecule has 0 saturated heterocycles. The van der Waals surface area contributed by atoms with Crippen molar-refractivity contribution in [1.82, 2.24) is 19.9 Å². The standard InChI is InChI=1S/C27H24N4OS2/c1-15-6-10-17(11-7-15)23-24(18-12-8-16(2)9-13-18)31-27(30-23)33-14-21-28-25(32)22-19-4-3-5-20(19)34-26(22)29-21/h6-13H,3-5,14H2,1-2H3,(H,30,31)(H,28,29,32). The van der Waals surface area contributed by atoms with Gasteiger partial charge in [-0.1, -0.05) is 71.4 Å². The molecule has 0 bridgehead atoms. The number of H-pyrrole nitrogens is 2. The molecule has 2 aromatic carbocycles. The van der Waals surface area contributed by atoms with Crippen LogP contribution < -0.4 is 5.56 Å². The van der Waals surface area contributed by atoms with Crippen LogP contribution in [0.15, 0.2) is 58.5 Å². The van der Waals surface area contributed by atoms with E-state index in [1.165, 1.54) is 21.6 Å². The molecular formula is C27H24N4OS2. The van der Waals surface area contributed by atoms with Gasteiger partial charge in [0, 0.05) is 16.0 Å². The van der Waals surface area contributed by atoms with E-state index in [9.17, 15) is 4.79 Å². The summed E-state index contributed by atoms with van der Waals surface area (Å²) in [6.07, 6.45) is 3.19. The van der Waals surface area contributed by atoms with Crippen LogP contribution in [0.5, 0.6) is 0 Å². The fourth-order valence-corrected chi connectivity index (χ4v) is 6.54. The predicted molar refractivity (Wildman–Crippen MR) is 141 cm³/mol. The summed E-state index contributed by atoms with van der Waals surface area (Å²) in [6.45, 7) is 4.18. The summed E-state index contributed by atoms with van der Waals surface area (Å²) in [6, 6.07) is 16.9. The number of nitrogens with zero attached hydrogens (tertiary/aromatic N) is 2. The van der Waals surface area contributed by atoms with Gasteiger partial charge in [0.2, 0.25) is 0 Å². The van der Waals surface area contributed by atoms with Gasteiger partial charge in [-0.05, 0) is 38.7 Å². The minimum Gasteiger partial charge on any atom is -0.332 e. The molecule has 2 N–H and O–H groups in total. The lowest BCUT2D eigenvalue weighted by Gasteiger charge is -2.04. The van der Waals surface area contributed by atoms with Gasteiger partial charge in [0.1, 0.15) is 10.7 Å². The minimum absolute atomic E-state index is 0.0138. The van der Waals surface area contributed by atoms with Crippen LogP contribution in [0, 0.1) is 13.8 Å². The van der Waals surface area contributed by atoms with E-state index in [2.05, 4.69) is 72.3 Å². The van der Waals surface area contributed by atoms with Crippen molar-refractivity contribution in [2.24, 2.45) is 0 Å². The fourth-order valence-electron chi connectivity index (χ4n) is 4.52. The quantitative estimate of drug-likeness (QED) is 0.282. The van der Waals surface area contributed by atoms with E-state index in [1.807, 2.05) is 0 Å². The Morgan fingerprint density at radius 1 is 0.912 bits per heavy atom. The Balaban J connectivity index is 1.33. The van der Waals surface area contributed by atoms with E-state index in [1.54, 1.807) is 23.1 Å². The van der Waals surface area contributed by atoms with Crippen molar-refractivity contribution in [1.29, 1.82) is 0 Å². The Morgan fingerprint density at radius 3 is 2.35 bits per heavy atom. The third-order valence-electron chi connectivity index (χ3n) is 6.32. The third-order valence-corrected chi connectivity index (χ3v) is 8.39. The first-order valence-corrected chi connectivity index (χ1v) is 13.3. The number of fused-ring (bicyclic) bond motifs is 3. The Hall–Kier alpha value is -3.16. The summed E-state index contributed by atoms with van der Waals surface area (Å²) in [5.74, 6) is 1.23. The van der Waals surface area contributed by atoms with Crippen molar-refractivity contribution in [3.05, 3.63) is 86.3 Å². The van der Waals surface area contributed by atoms with Crippen molar-refractivity contribution in [3.8, 4) is 22.5 Å². The SMILES string of the molecule is Cc1ccc(-c2nc(SCc3nc4sc5c(c4c(=O)[nH]3)CCC5)[nH]c2-c2ccc(C)cc2)cc1. The van der Waals surface area contributed by atoms with Crippen molar-refractivity contribution in [2.75, 3.05) is 0 Å². The number of thiophene rings is 1. The molecule has 34 heavy (non-hydrogen) atoms. The Morgan fingerprint density at radius 2 is 1.62 bits per heavy atom. The highest BCUT2D eigenvalue weighted by molar-refractivity contribution is 7.98. The Labute approximate surface area is 205 Å². The highest BCUT2D eigenvalue weighted by Crippen LogP contribution is 2.36. The maximum absolute atomic E-state index is 12.8. The number of imidazole rings is 1. The summed E-state index contributed by atoms with van der Waals surface area (Å²) in [5.41, 5.74) is 7.74. The molecule has 1 aliphatic rings. The molecule has 170 valence electrons. The van der Waals surface area contributed by atoms with Crippen molar-refractivity contribution < 1.29 is 0 Å². The molecule has 6 rings (SSSR count). The van der Waals surface area contributed by atoms with Crippen LogP contribution in [0.25, 0.3) is 32.7 Å². The van der Waals surface area contributed by atoms with Gasteiger partial charge in [-0.3, -0.25) is 4.79 Å². The van der Waals surface area contributed by atoms with E-state index in [4.69, 9.17) is 9.97 Å². The summed E-state index contributed by atoms with van der Waals surface area (Å²) >= 11 is 3.23. The molecule has 0 saturated carbocycles. The summed E-state index contributed by atoms with van der Waals surface area (Å²) in [7, 11) is 0. The first kappa shape index (κ1) is 21.4. The van der Waals surface area contributed by atoms with Gasteiger partial charge in [-0.2, -0.15) is 0 Å². The van der Waals surface area contributed by atoms with Gasteiger partial charge < -0.3 is 9.97 Å². The van der Waals surface area contributed by atoms with E-state index >= 15 is 0 Å². The van der Waals surface area contributed by atoms with Crippen LogP contribution >= 0.6 is 23.1 Å². The van der Waals surface area contributed by atoms with E-state index in [0.29, 0.717) is 11.6 Å². The molecule has 0 fully saturated rings. The molecule has 0 amide bonds. The van der Waals surface area contributed by atoms with Crippen molar-refractivity contribution in [2.45, 2.75) is 44.0 Å². The lowest BCUT2D eigenvalue weighted by Crippen LogP contribution is -2.11. The van der Waals surface area contributed by atoms with E-state index in [0.717, 1.165) is 57.2 Å². The average molecular weight is 485 g/mol. The molecule has 5 aromatic rings. The molecule has 0 aliphatic heterocycles. The Kier molecular flexibility index (Phi) is 5.38. The fraction of sp³-hybridized carbons (Fsp3) is 0.222. The first-order valence-electron chi connectivity index (χ1n) is 11.5. The molecule has 0 spiro atoms. The van der Waals surface area contributed by atoms with Gasteiger partial charge in [0.25, 0.3) is 5.56 Å². The third kappa shape index (κ3) is 3.89. The largest absolute Gasteiger partial charge is 0.332 e. The number of rotatable bonds is 5. The lowest BCUT2D eigenvalue weighted by atomic mass is 10.0. The zero-order valence-electron chi connectivity index (χ0n) is 19.1. The minimum atomic E-state index is -0.0138. The summed E-state index contributed by atoms with van der Waals surface area (Å²) < 4.78 is 0. The molecule has 1 aliphatic carbocycles. The second kappa shape index (κ2) is 8.56. The van der Waals surface area contributed by atoms with Gasteiger partial charge in [-0.15, -0.1) is 11.3 Å². The number of benzene rings is 2. The van der Waals surface area contributed by atoms with Gasteiger partial charge in [-0.25, -0.2) is 9.97 Å². The molecule has 0 unspecified atom stereocenters. The number of nitrogens with one attached hydrogen (secondary N) is 2. The second-order valence-electron chi connectivity index (χ2n) is 8.84. The molecule has 0 atom stereocenters. The maximum Gasteiger partial charge on any atom is 0.259 e. The van der Waals surface area contributed by atoms with Crippen molar-refractivity contribution in [3.63, 3.8) is 0 Å². The Bertz CT molecular complexity index is 1500. The zero-order valence-corrected chi connectivity index (χ0v) is 20.7. The maximum atomic E-state index is 12.8. The summed E-state index contributed by atoms with van der Waals surface area (Å²) in [5, 5.41) is 1.61. The number of aromatic amines is 2. The highest BCUT2D eigenvalue weighted by Gasteiger charge is 2.21. The van der Waals surface area contributed by atoms with Crippen LogP contribution in [0.2, 0.25) is 0 Å². The smallest absolute Gasteiger partial charge is 0.259 e. The topological polar surface area (TPSA) is 74.4 Å². The van der Waals surface area contributed by atoms with Crippen LogP contribution in [0.1, 0.15) is 33.8 Å². The number of hydrogen-bond acceptors (Lipinski definition) is 5. The lowest BCUT2D eigenvalue weighted by molar-refractivity contribution is 0.916. The monoisotopic (exact) mass is 484 g/mol. The first-order chi connectivity index (χ1) is 16.5. The number of aryl methyl sites for hydroxylation is 4. The second-order valence-corrected chi connectivity index (χ2v) is 10.9. The van der Waals surface area contributed by atoms with Crippen LogP contribution in [-0.4, -0.2) is 19.9 Å². The highest BCUT2D eigenvalue weighted by atomic mass is 32.2. The molecule has 7 heteroatoms. The van der Waals surface area contributed by atoms with Gasteiger partial charge in [0.15, 0.2) is 5.16 Å². The molecular weight excluding hydrogens is 460 g/mol. The average Bonchev–Trinajstić information content (AvgIpc) is 3.53. The number of hydrogen-bond donors (Lipinski definition) is 2. The van der Waals surface area contributed by atoms with Crippen LogP contribution in [0.4, 0.5) is 0 Å². The normalized spacial score (nSPS) is 13.0. The molecule has 0 radical (unpaired) electrons. The number of aromatic nitrogens is 4. The predicted octanol–water partition coefficient (Wildman–Crippen LogP) is 6.44. The number of thioether (sulfide) groups is 1. The van der Waals surface area contributed by atoms with E-state index < -0.39 is 0 Å². The molecule has 5 nitrogen and oxygen atoms in total. The summed E-state index contributed by atoms with van der Waals surface area (Å²) in [4.78, 5) is 31.2. The van der Waals surface area contributed by atoms with Gasteiger partial charge >= 0.3 is 0 Å². The molecule has 3 heterocycles. The van der Waals surface area contributed by atoms with Crippen LogP contribution in [0.3, 0.4) is 0 Å².